The molecule has 1 N–H and O–H groups in total. The Bertz CT molecular complexity index is 347. The minimum absolute atomic E-state index is 0.172. The smallest absolute Gasteiger partial charge is 0.161 e. The molecule has 1 aromatic rings. The Morgan fingerprint density at radius 3 is 2.47 bits per heavy atom. The van der Waals surface area contributed by atoms with Crippen LogP contribution in [0.4, 0.5) is 0 Å². The lowest BCUT2D eigenvalue weighted by Crippen LogP contribution is -2.11. The summed E-state index contributed by atoms with van der Waals surface area (Å²) >= 11 is 0. The van der Waals surface area contributed by atoms with Crippen molar-refractivity contribution in [2.75, 3.05) is 7.11 Å². The van der Waals surface area contributed by atoms with Crippen molar-refractivity contribution in [3.05, 3.63) is 23.8 Å². The molecule has 0 saturated heterocycles. The Hall–Kier alpha value is -1.22. The number of aliphatic hydroxyl groups is 1. The van der Waals surface area contributed by atoms with Crippen molar-refractivity contribution in [2.24, 2.45) is 0 Å². The van der Waals surface area contributed by atoms with Crippen LogP contribution in [-0.2, 0) is 0 Å². The Morgan fingerprint density at radius 2 is 1.94 bits per heavy atom. The maximum atomic E-state index is 9.50. The van der Waals surface area contributed by atoms with E-state index in [0.29, 0.717) is 5.75 Å². The zero-order chi connectivity index (χ0) is 12.8. The Kier molecular flexibility index (Phi) is 5.29. The fourth-order valence-electron chi connectivity index (χ4n) is 1.72. The van der Waals surface area contributed by atoms with Gasteiger partial charge in [-0.05, 0) is 38.0 Å². The van der Waals surface area contributed by atoms with Gasteiger partial charge in [-0.15, -0.1) is 0 Å². The molecule has 2 atom stereocenters. The molecule has 0 aromatic heterocycles. The van der Waals surface area contributed by atoms with Crippen molar-refractivity contribution >= 4 is 0 Å². The zero-order valence-electron chi connectivity index (χ0n) is 11.1. The molecule has 0 aliphatic carbocycles. The van der Waals surface area contributed by atoms with E-state index in [-0.39, 0.29) is 6.10 Å². The van der Waals surface area contributed by atoms with Crippen molar-refractivity contribution < 1.29 is 14.6 Å². The van der Waals surface area contributed by atoms with E-state index >= 15 is 0 Å². The van der Waals surface area contributed by atoms with Crippen LogP contribution in [-0.4, -0.2) is 18.3 Å². The molecule has 96 valence electrons. The summed E-state index contributed by atoms with van der Waals surface area (Å²) in [6, 6.07) is 5.53. The van der Waals surface area contributed by atoms with Crippen LogP contribution >= 0.6 is 0 Å². The molecule has 1 aromatic carbocycles. The molecule has 0 spiro atoms. The third-order valence-electron chi connectivity index (χ3n) is 2.69. The summed E-state index contributed by atoms with van der Waals surface area (Å²) in [5, 5.41) is 9.50. The fourth-order valence-corrected chi connectivity index (χ4v) is 1.72. The molecule has 0 aliphatic rings. The van der Waals surface area contributed by atoms with Crippen molar-refractivity contribution in [2.45, 2.75) is 45.8 Å². The van der Waals surface area contributed by atoms with Crippen molar-refractivity contribution in [3.8, 4) is 11.5 Å². The number of methoxy groups -OCH3 is 1. The molecule has 0 heterocycles. The van der Waals surface area contributed by atoms with Gasteiger partial charge in [-0.25, -0.2) is 0 Å². The lowest BCUT2D eigenvalue weighted by molar-refractivity contribution is 0.193. The second kappa shape index (κ2) is 6.50. The highest BCUT2D eigenvalue weighted by atomic mass is 16.5. The van der Waals surface area contributed by atoms with E-state index in [2.05, 4.69) is 6.92 Å². The van der Waals surface area contributed by atoms with Crippen LogP contribution in [0.15, 0.2) is 18.2 Å². The van der Waals surface area contributed by atoms with Crippen molar-refractivity contribution in [1.82, 2.24) is 0 Å². The van der Waals surface area contributed by atoms with Crippen molar-refractivity contribution in [3.63, 3.8) is 0 Å². The number of aliphatic hydroxyl groups excluding tert-OH is 1. The average molecular weight is 238 g/mol. The molecule has 3 heteroatoms. The van der Waals surface area contributed by atoms with E-state index < -0.39 is 6.10 Å². The molecule has 3 nitrogen and oxygen atoms in total. The van der Waals surface area contributed by atoms with Crippen LogP contribution in [0.25, 0.3) is 0 Å². The Balaban J connectivity index is 2.85. The molecule has 1 rings (SSSR count). The molecular weight excluding hydrogens is 216 g/mol. The van der Waals surface area contributed by atoms with Crippen LogP contribution in [0.2, 0.25) is 0 Å². The monoisotopic (exact) mass is 238 g/mol. The maximum Gasteiger partial charge on any atom is 0.161 e. The van der Waals surface area contributed by atoms with E-state index in [1.54, 1.807) is 14.0 Å². The Labute approximate surface area is 103 Å². The second-order valence-corrected chi connectivity index (χ2v) is 4.30. The molecule has 0 fully saturated rings. The Morgan fingerprint density at radius 1 is 1.24 bits per heavy atom. The maximum absolute atomic E-state index is 9.50. The van der Waals surface area contributed by atoms with E-state index in [4.69, 9.17) is 9.47 Å². The van der Waals surface area contributed by atoms with Gasteiger partial charge in [-0.1, -0.05) is 19.4 Å². The first-order valence-corrected chi connectivity index (χ1v) is 6.11. The zero-order valence-corrected chi connectivity index (χ0v) is 11.1. The highest BCUT2D eigenvalue weighted by molar-refractivity contribution is 5.43. The third kappa shape index (κ3) is 3.93. The summed E-state index contributed by atoms with van der Waals surface area (Å²) in [7, 11) is 1.61. The van der Waals surface area contributed by atoms with Gasteiger partial charge in [-0.2, -0.15) is 0 Å². The molecular formula is C14H22O3. The summed E-state index contributed by atoms with van der Waals surface area (Å²) in [6.45, 7) is 5.91. The number of rotatable bonds is 6. The average Bonchev–Trinajstić information content (AvgIpc) is 2.29. The van der Waals surface area contributed by atoms with E-state index in [1.807, 2.05) is 25.1 Å². The van der Waals surface area contributed by atoms with Gasteiger partial charge in [0.1, 0.15) is 0 Å². The fraction of sp³-hybridized carbons (Fsp3) is 0.571. The number of hydrogen-bond donors (Lipinski definition) is 1. The van der Waals surface area contributed by atoms with E-state index in [1.165, 1.54) is 0 Å². The number of hydrogen-bond acceptors (Lipinski definition) is 3. The highest BCUT2D eigenvalue weighted by Gasteiger charge is 2.11. The molecule has 0 saturated carbocycles. The highest BCUT2D eigenvalue weighted by Crippen LogP contribution is 2.31. The quantitative estimate of drug-likeness (QED) is 0.826. The number of ether oxygens (including phenoxy) is 2. The predicted octanol–water partition coefficient (Wildman–Crippen LogP) is 3.32. The van der Waals surface area contributed by atoms with Gasteiger partial charge >= 0.3 is 0 Å². The first-order valence-electron chi connectivity index (χ1n) is 6.11. The minimum Gasteiger partial charge on any atom is -0.493 e. The van der Waals surface area contributed by atoms with Gasteiger partial charge in [-0.3, -0.25) is 0 Å². The topological polar surface area (TPSA) is 38.7 Å². The van der Waals surface area contributed by atoms with Gasteiger partial charge in [0.2, 0.25) is 0 Å². The molecule has 0 radical (unpaired) electrons. The van der Waals surface area contributed by atoms with Crippen LogP contribution in [0.1, 0.15) is 45.3 Å². The number of benzene rings is 1. The van der Waals surface area contributed by atoms with Gasteiger partial charge in [0, 0.05) is 0 Å². The summed E-state index contributed by atoms with van der Waals surface area (Å²) in [6.07, 6.45) is 1.79. The summed E-state index contributed by atoms with van der Waals surface area (Å²) < 4.78 is 11.1. The molecule has 0 amide bonds. The van der Waals surface area contributed by atoms with Crippen LogP contribution in [0.3, 0.4) is 0 Å². The molecule has 0 bridgehead atoms. The summed E-state index contributed by atoms with van der Waals surface area (Å²) in [4.78, 5) is 0. The van der Waals surface area contributed by atoms with Gasteiger partial charge in [0.25, 0.3) is 0 Å². The lowest BCUT2D eigenvalue weighted by atomic mass is 10.1. The van der Waals surface area contributed by atoms with Gasteiger partial charge in [0.05, 0.1) is 19.3 Å². The third-order valence-corrected chi connectivity index (χ3v) is 2.69. The lowest BCUT2D eigenvalue weighted by Gasteiger charge is -2.17. The summed E-state index contributed by atoms with van der Waals surface area (Å²) in [5.74, 6) is 1.41. The standard InChI is InChI=1S/C14H22O3/c1-5-6-10(2)17-13-8-7-12(11(3)15)9-14(13)16-4/h7-11,15H,5-6H2,1-4H3/t10?,11-/m1/s1. The van der Waals surface area contributed by atoms with Gasteiger partial charge < -0.3 is 14.6 Å². The van der Waals surface area contributed by atoms with Crippen LogP contribution < -0.4 is 9.47 Å². The van der Waals surface area contributed by atoms with E-state index in [0.717, 1.165) is 24.2 Å². The molecule has 1 unspecified atom stereocenters. The van der Waals surface area contributed by atoms with Gasteiger partial charge in [0.15, 0.2) is 11.5 Å². The van der Waals surface area contributed by atoms with E-state index in [9.17, 15) is 5.11 Å². The van der Waals surface area contributed by atoms with Crippen molar-refractivity contribution in [1.29, 1.82) is 0 Å². The minimum atomic E-state index is -0.494. The first kappa shape index (κ1) is 13.8. The normalized spacial score (nSPS) is 14.2. The predicted molar refractivity (Wildman–Crippen MR) is 68.6 cm³/mol. The second-order valence-electron chi connectivity index (χ2n) is 4.30. The largest absolute Gasteiger partial charge is 0.493 e. The van der Waals surface area contributed by atoms with Crippen LogP contribution in [0, 0.1) is 0 Å². The SMILES string of the molecule is CCCC(C)Oc1ccc([C@@H](C)O)cc1OC. The van der Waals surface area contributed by atoms with Crippen LogP contribution in [0.5, 0.6) is 11.5 Å². The first-order chi connectivity index (χ1) is 8.08. The molecule has 17 heavy (non-hydrogen) atoms. The molecule has 0 aliphatic heterocycles. The summed E-state index contributed by atoms with van der Waals surface area (Å²) in [5.41, 5.74) is 0.831.